The van der Waals surface area contributed by atoms with E-state index in [2.05, 4.69) is 27.1 Å². The number of pyridine rings is 2. The molecule has 1 aromatic carbocycles. The number of nitrogens with zero attached hydrogens (tertiary/aromatic N) is 2. The minimum absolute atomic E-state index is 0.0643. The molecule has 0 saturated carbocycles. The van der Waals surface area contributed by atoms with Gasteiger partial charge < -0.3 is 19.2 Å². The summed E-state index contributed by atoms with van der Waals surface area (Å²) in [6.07, 6.45) is 8.33. The van der Waals surface area contributed by atoms with Gasteiger partial charge in [-0.1, -0.05) is 6.07 Å². The molecule has 0 bridgehead atoms. The summed E-state index contributed by atoms with van der Waals surface area (Å²) >= 11 is 0. The highest BCUT2D eigenvalue weighted by Crippen LogP contribution is 2.50. The zero-order valence-corrected chi connectivity index (χ0v) is 16.5. The minimum atomic E-state index is 0.0643. The first kappa shape index (κ1) is 17.6. The van der Waals surface area contributed by atoms with Gasteiger partial charge in [-0.15, -0.1) is 0 Å². The number of hydrogen-bond acceptors (Lipinski definition) is 5. The first-order chi connectivity index (χ1) is 14.3. The third-order valence-corrected chi connectivity index (χ3v) is 5.70. The van der Waals surface area contributed by atoms with Crippen molar-refractivity contribution in [3.63, 3.8) is 0 Å². The van der Waals surface area contributed by atoms with Gasteiger partial charge in [0.15, 0.2) is 11.5 Å². The third-order valence-electron chi connectivity index (χ3n) is 5.70. The van der Waals surface area contributed by atoms with Gasteiger partial charge in [-0.25, -0.2) is 0 Å². The van der Waals surface area contributed by atoms with Crippen LogP contribution in [0, 0.1) is 0 Å². The van der Waals surface area contributed by atoms with E-state index in [0.29, 0.717) is 17.2 Å². The quantitative estimate of drug-likeness (QED) is 0.564. The molecule has 0 aliphatic heterocycles. The summed E-state index contributed by atoms with van der Waals surface area (Å²) in [7, 11) is 4.92. The van der Waals surface area contributed by atoms with E-state index in [1.165, 1.54) is 16.7 Å². The largest absolute Gasteiger partial charge is 0.493 e. The number of benzene rings is 1. The fourth-order valence-electron chi connectivity index (χ4n) is 4.45. The number of fused-ring (bicyclic) bond motifs is 5. The van der Waals surface area contributed by atoms with Crippen LogP contribution < -0.4 is 14.2 Å². The molecule has 3 heterocycles. The summed E-state index contributed by atoms with van der Waals surface area (Å²) in [5.41, 5.74) is 6.82. The Hall–Kier alpha value is -3.54. The maximum absolute atomic E-state index is 5.81. The maximum Gasteiger partial charge on any atom is 0.203 e. The number of rotatable bonds is 4. The molecule has 5 rings (SSSR count). The molecule has 0 radical (unpaired) electrons. The van der Waals surface area contributed by atoms with E-state index in [0.717, 1.165) is 28.6 Å². The van der Waals surface area contributed by atoms with Crippen molar-refractivity contribution in [3.8, 4) is 28.5 Å². The van der Waals surface area contributed by atoms with Crippen LogP contribution >= 0.6 is 0 Å². The molecule has 0 amide bonds. The van der Waals surface area contributed by atoms with Crippen LogP contribution in [-0.2, 0) is 6.42 Å². The fraction of sp³-hybridized carbons (Fsp3) is 0.217. The van der Waals surface area contributed by atoms with E-state index < -0.39 is 0 Å². The van der Waals surface area contributed by atoms with Gasteiger partial charge in [0.1, 0.15) is 0 Å². The molecule has 1 unspecified atom stereocenters. The summed E-state index contributed by atoms with van der Waals surface area (Å²) in [5, 5.41) is 1.12. The van der Waals surface area contributed by atoms with E-state index in [1.807, 2.05) is 36.9 Å². The minimum Gasteiger partial charge on any atom is -0.493 e. The molecule has 29 heavy (non-hydrogen) atoms. The summed E-state index contributed by atoms with van der Waals surface area (Å²) < 4.78 is 16.9. The number of ether oxygens (including phenoxy) is 3. The highest BCUT2D eigenvalue weighted by molar-refractivity contribution is 5.93. The Morgan fingerprint density at radius 1 is 0.897 bits per heavy atom. The number of H-pyrrole nitrogens is 1. The Balaban J connectivity index is 1.81. The van der Waals surface area contributed by atoms with E-state index in [9.17, 15) is 0 Å². The highest BCUT2D eigenvalue weighted by Gasteiger charge is 2.33. The smallest absolute Gasteiger partial charge is 0.203 e. The van der Waals surface area contributed by atoms with Crippen LogP contribution in [0.25, 0.3) is 22.2 Å². The van der Waals surface area contributed by atoms with Crippen molar-refractivity contribution in [3.05, 3.63) is 65.7 Å². The Morgan fingerprint density at radius 2 is 1.69 bits per heavy atom. The lowest BCUT2D eigenvalue weighted by atomic mass is 9.78. The Morgan fingerprint density at radius 3 is 2.48 bits per heavy atom. The maximum atomic E-state index is 5.81. The molecule has 6 heteroatoms. The fourth-order valence-corrected chi connectivity index (χ4v) is 4.45. The molecular formula is C23H21N3O3. The third kappa shape index (κ3) is 2.56. The molecule has 146 valence electrons. The van der Waals surface area contributed by atoms with Crippen LogP contribution in [0.4, 0.5) is 0 Å². The Bertz CT molecular complexity index is 1220. The van der Waals surface area contributed by atoms with E-state index in [4.69, 9.17) is 14.2 Å². The van der Waals surface area contributed by atoms with Gasteiger partial charge in [-0.3, -0.25) is 9.97 Å². The van der Waals surface area contributed by atoms with Crippen LogP contribution in [0.5, 0.6) is 17.2 Å². The van der Waals surface area contributed by atoms with Gasteiger partial charge in [0.05, 0.1) is 27.0 Å². The lowest BCUT2D eigenvalue weighted by Crippen LogP contribution is -2.14. The van der Waals surface area contributed by atoms with Gasteiger partial charge in [0, 0.05) is 52.7 Å². The molecule has 0 spiro atoms. The predicted molar refractivity (Wildman–Crippen MR) is 111 cm³/mol. The van der Waals surface area contributed by atoms with Crippen molar-refractivity contribution in [1.82, 2.24) is 15.0 Å². The van der Waals surface area contributed by atoms with Gasteiger partial charge >= 0.3 is 0 Å². The van der Waals surface area contributed by atoms with E-state index in [1.54, 1.807) is 21.3 Å². The van der Waals surface area contributed by atoms with Gasteiger partial charge in [-0.05, 0) is 35.7 Å². The van der Waals surface area contributed by atoms with Gasteiger partial charge in [-0.2, -0.15) is 0 Å². The standard InChI is InChI=1S/C23H21N3O3/c1-27-19-5-4-15(22(28-2)23(19)29-3)16-10-13-11-24-8-6-14(13)21-20(16)17-12-25-9-7-18(17)26-21/h4-9,11-12,16,26H,10H2,1-3H3. The summed E-state index contributed by atoms with van der Waals surface area (Å²) in [5.74, 6) is 2.00. The average Bonchev–Trinajstić information content (AvgIpc) is 3.17. The first-order valence-corrected chi connectivity index (χ1v) is 9.44. The molecule has 0 fully saturated rings. The number of hydrogen-bond donors (Lipinski definition) is 1. The van der Waals surface area contributed by atoms with Crippen LogP contribution in [0.1, 0.15) is 22.6 Å². The molecule has 1 N–H and O–H groups in total. The number of aromatic nitrogens is 3. The van der Waals surface area contributed by atoms with Crippen LogP contribution in [0.3, 0.4) is 0 Å². The van der Waals surface area contributed by atoms with Crippen molar-refractivity contribution in [1.29, 1.82) is 0 Å². The average molecular weight is 387 g/mol. The van der Waals surface area contributed by atoms with Gasteiger partial charge in [0.25, 0.3) is 0 Å². The Kier molecular flexibility index (Phi) is 4.12. The van der Waals surface area contributed by atoms with Crippen LogP contribution in [-0.4, -0.2) is 36.3 Å². The van der Waals surface area contributed by atoms with Gasteiger partial charge in [0.2, 0.25) is 5.75 Å². The second kappa shape index (κ2) is 6.81. The van der Waals surface area contributed by atoms with Crippen molar-refractivity contribution in [2.75, 3.05) is 21.3 Å². The summed E-state index contributed by atoms with van der Waals surface area (Å²) in [4.78, 5) is 12.3. The molecule has 0 saturated heterocycles. The molecule has 1 aliphatic carbocycles. The second-order valence-corrected chi connectivity index (χ2v) is 7.05. The molecule has 1 aliphatic rings. The monoisotopic (exact) mass is 387 g/mol. The highest BCUT2D eigenvalue weighted by atomic mass is 16.5. The van der Waals surface area contributed by atoms with Crippen LogP contribution in [0.2, 0.25) is 0 Å². The Labute approximate surface area is 168 Å². The number of nitrogens with one attached hydrogen (secondary N) is 1. The topological polar surface area (TPSA) is 69.3 Å². The number of methoxy groups -OCH3 is 3. The van der Waals surface area contributed by atoms with Crippen molar-refractivity contribution < 1.29 is 14.2 Å². The van der Waals surface area contributed by atoms with Crippen molar-refractivity contribution in [2.24, 2.45) is 0 Å². The molecule has 1 atom stereocenters. The zero-order chi connectivity index (χ0) is 20.0. The van der Waals surface area contributed by atoms with E-state index in [-0.39, 0.29) is 5.92 Å². The lowest BCUT2D eigenvalue weighted by molar-refractivity contribution is 0.321. The summed E-state index contributed by atoms with van der Waals surface area (Å²) in [6.45, 7) is 0. The SMILES string of the molecule is COc1ccc(C2Cc3cnccc3-c3[nH]c4ccncc4c32)c(OC)c1OC. The van der Waals surface area contributed by atoms with Crippen molar-refractivity contribution in [2.45, 2.75) is 12.3 Å². The van der Waals surface area contributed by atoms with Crippen LogP contribution in [0.15, 0.2) is 49.1 Å². The first-order valence-electron chi connectivity index (χ1n) is 9.44. The van der Waals surface area contributed by atoms with Crippen molar-refractivity contribution >= 4 is 10.9 Å². The number of aromatic amines is 1. The molecule has 6 nitrogen and oxygen atoms in total. The molecular weight excluding hydrogens is 366 g/mol. The normalized spacial score (nSPS) is 14.9. The molecule has 4 aromatic rings. The second-order valence-electron chi connectivity index (χ2n) is 7.05. The predicted octanol–water partition coefficient (Wildman–Crippen LogP) is 4.34. The molecule has 3 aromatic heterocycles. The lowest BCUT2D eigenvalue weighted by Gasteiger charge is -2.28. The van der Waals surface area contributed by atoms with E-state index >= 15 is 0 Å². The zero-order valence-electron chi connectivity index (χ0n) is 16.5. The summed E-state index contributed by atoms with van der Waals surface area (Å²) in [6, 6.07) is 8.07.